The molecule has 11 heteroatoms. The molecule has 0 saturated carbocycles. The molecule has 3 aromatic heterocycles. The number of nitrogens with zero attached hydrogens (tertiary/aromatic N) is 4. The van der Waals surface area contributed by atoms with Gasteiger partial charge in [0, 0.05) is 43.5 Å². The van der Waals surface area contributed by atoms with E-state index >= 15 is 0 Å². The zero-order valence-electron chi connectivity index (χ0n) is 18.2. The van der Waals surface area contributed by atoms with Gasteiger partial charge in [-0.25, -0.2) is 18.6 Å². The SMILES string of the molecule is [Cu+2].[O-][Cl+3]([O-])([O-])[O-].[O-]c1ccccc1C=NCCc1ccccn1.c1ccc(-c2ccccn2)nc1. The van der Waals surface area contributed by atoms with Gasteiger partial charge in [-0.1, -0.05) is 42.5 Å². The first-order valence-corrected chi connectivity index (χ1v) is 11.2. The molecule has 185 valence electrons. The Morgan fingerprint density at radius 2 is 1.17 bits per heavy atom. The Morgan fingerprint density at radius 3 is 1.63 bits per heavy atom. The molecular weight excluding hydrogens is 523 g/mol. The number of hydrogen-bond acceptors (Lipinski definition) is 9. The van der Waals surface area contributed by atoms with Gasteiger partial charge in [-0.15, -0.1) is 16.0 Å². The molecule has 0 unspecified atom stereocenters. The molecule has 0 saturated heterocycles. The van der Waals surface area contributed by atoms with E-state index in [1.165, 1.54) is 0 Å². The summed E-state index contributed by atoms with van der Waals surface area (Å²) < 4.78 is 34.0. The Labute approximate surface area is 215 Å². The quantitative estimate of drug-likeness (QED) is 0.233. The Hall–Kier alpha value is -3.21. The predicted octanol–water partition coefficient (Wildman–Crippen LogP) is -0.798. The normalized spacial score (nSPS) is 10.3. The summed E-state index contributed by atoms with van der Waals surface area (Å²) in [6, 6.07) is 24.3. The predicted molar refractivity (Wildman–Crippen MR) is 114 cm³/mol. The van der Waals surface area contributed by atoms with E-state index in [1.54, 1.807) is 43.0 Å². The molecule has 1 aromatic carbocycles. The summed E-state index contributed by atoms with van der Waals surface area (Å²) in [6.07, 6.45) is 7.73. The van der Waals surface area contributed by atoms with Crippen molar-refractivity contribution in [1.29, 1.82) is 0 Å². The molecule has 35 heavy (non-hydrogen) atoms. The average Bonchev–Trinajstić information content (AvgIpc) is 2.84. The molecule has 3 heterocycles. The van der Waals surface area contributed by atoms with Crippen molar-refractivity contribution >= 4 is 6.21 Å². The van der Waals surface area contributed by atoms with Crippen molar-refractivity contribution in [3.63, 3.8) is 0 Å². The van der Waals surface area contributed by atoms with Gasteiger partial charge in [0.05, 0.1) is 11.4 Å². The average molecular weight is 544 g/mol. The van der Waals surface area contributed by atoms with E-state index < -0.39 is 10.2 Å². The summed E-state index contributed by atoms with van der Waals surface area (Å²) in [4.78, 5) is 16.8. The molecule has 4 aromatic rings. The maximum absolute atomic E-state index is 11.4. The fraction of sp³-hybridized carbons (Fsp3) is 0.0833. The summed E-state index contributed by atoms with van der Waals surface area (Å²) in [7, 11) is -4.94. The van der Waals surface area contributed by atoms with Crippen molar-refractivity contribution in [2.45, 2.75) is 6.42 Å². The minimum atomic E-state index is -4.94. The Morgan fingerprint density at radius 1 is 0.686 bits per heavy atom. The van der Waals surface area contributed by atoms with Crippen LogP contribution in [-0.2, 0) is 23.5 Å². The van der Waals surface area contributed by atoms with Gasteiger partial charge in [-0.05, 0) is 42.0 Å². The van der Waals surface area contributed by atoms with Crippen LogP contribution in [0.1, 0.15) is 11.3 Å². The molecule has 1 radical (unpaired) electrons. The monoisotopic (exact) mass is 543 g/mol. The first-order valence-electron chi connectivity index (χ1n) is 9.93. The third kappa shape index (κ3) is 13.9. The molecule has 4 rings (SSSR count). The molecule has 0 bridgehead atoms. The van der Waals surface area contributed by atoms with E-state index in [1.807, 2.05) is 60.7 Å². The zero-order chi connectivity index (χ0) is 24.7. The maximum atomic E-state index is 11.4. The van der Waals surface area contributed by atoms with Crippen LogP contribution in [-0.4, -0.2) is 27.7 Å². The van der Waals surface area contributed by atoms with Crippen molar-refractivity contribution < 1.29 is 51.1 Å². The fourth-order valence-corrected chi connectivity index (χ4v) is 2.50. The third-order valence-electron chi connectivity index (χ3n) is 3.96. The number of para-hydroxylation sites is 1. The summed E-state index contributed by atoms with van der Waals surface area (Å²) in [6.45, 7) is 0.644. The largest absolute Gasteiger partial charge is 2.00 e. The summed E-state index contributed by atoms with van der Waals surface area (Å²) in [5.74, 6) is 0.00841. The van der Waals surface area contributed by atoms with E-state index in [0.717, 1.165) is 23.5 Å². The Bertz CT molecular complexity index is 1080. The number of halogens is 1. The molecule has 0 atom stereocenters. The van der Waals surface area contributed by atoms with E-state index in [-0.39, 0.29) is 22.8 Å². The van der Waals surface area contributed by atoms with Crippen LogP contribution < -0.4 is 23.7 Å². The summed E-state index contributed by atoms with van der Waals surface area (Å²) in [5, 5.41) is 11.4. The van der Waals surface area contributed by atoms with E-state index in [0.29, 0.717) is 12.1 Å². The zero-order valence-corrected chi connectivity index (χ0v) is 19.9. The van der Waals surface area contributed by atoms with Crippen LogP contribution in [0.25, 0.3) is 11.4 Å². The van der Waals surface area contributed by atoms with Crippen LogP contribution in [0.5, 0.6) is 5.75 Å². The maximum Gasteiger partial charge on any atom is 2.00 e. The second-order valence-electron chi connectivity index (χ2n) is 6.45. The van der Waals surface area contributed by atoms with Crippen LogP contribution in [0.2, 0.25) is 0 Å². The van der Waals surface area contributed by atoms with E-state index in [2.05, 4.69) is 19.9 Å². The minimum absolute atomic E-state index is 0. The van der Waals surface area contributed by atoms with Gasteiger partial charge in [0.25, 0.3) is 0 Å². The van der Waals surface area contributed by atoms with Gasteiger partial charge >= 0.3 is 17.1 Å². The molecule has 0 spiro atoms. The van der Waals surface area contributed by atoms with Gasteiger partial charge in [0.1, 0.15) is 0 Å². The van der Waals surface area contributed by atoms with Gasteiger partial charge < -0.3 is 5.11 Å². The standard InChI is InChI=1S/C14H14N2O.C10H8N2.ClHO4.Cu/c17-14-7-2-1-5-12(14)11-15-10-8-13-6-3-4-9-16-13;1-3-7-11-9(5-1)10-6-2-4-8-12-10;2-1(3,4)5;/h1-7,9,11,17H,8,10H2;1-8H;(H,2,3,4,5);/q;;;+2/p-2. The third-order valence-corrected chi connectivity index (χ3v) is 3.96. The summed E-state index contributed by atoms with van der Waals surface area (Å²) >= 11 is 0. The second-order valence-corrected chi connectivity index (χ2v) is 7.21. The van der Waals surface area contributed by atoms with Gasteiger partial charge in [0.2, 0.25) is 0 Å². The number of hydrogen-bond donors (Lipinski definition) is 0. The second kappa shape index (κ2) is 16.4. The topological polar surface area (TPSA) is 166 Å². The Kier molecular flexibility index (Phi) is 14.0. The summed E-state index contributed by atoms with van der Waals surface area (Å²) in [5.41, 5.74) is 3.48. The van der Waals surface area contributed by atoms with Crippen molar-refractivity contribution in [3.05, 3.63) is 109 Å². The van der Waals surface area contributed by atoms with Crippen LogP contribution in [0, 0.1) is 10.2 Å². The molecule has 0 aliphatic heterocycles. The molecule has 0 aliphatic rings. The molecule has 0 aliphatic carbocycles. The number of aromatic nitrogens is 3. The molecule has 0 amide bonds. The van der Waals surface area contributed by atoms with Crippen molar-refractivity contribution in [3.8, 4) is 17.1 Å². The number of pyridine rings is 3. The number of aliphatic imine (C=N–C) groups is 1. The molecular formula is C24H21ClCuN4O5. The Balaban J connectivity index is 0.000000297. The van der Waals surface area contributed by atoms with Gasteiger partial charge in [-0.2, -0.15) is 0 Å². The fourth-order valence-electron chi connectivity index (χ4n) is 2.50. The molecule has 0 N–H and O–H groups in total. The number of benzene rings is 1. The van der Waals surface area contributed by atoms with Crippen molar-refractivity contribution in [2.24, 2.45) is 4.99 Å². The van der Waals surface area contributed by atoms with E-state index in [4.69, 9.17) is 18.6 Å². The van der Waals surface area contributed by atoms with Crippen molar-refractivity contribution in [2.75, 3.05) is 6.54 Å². The van der Waals surface area contributed by atoms with Crippen molar-refractivity contribution in [1.82, 2.24) is 15.0 Å². The first kappa shape index (κ1) is 29.8. The van der Waals surface area contributed by atoms with Crippen LogP contribution in [0.3, 0.4) is 0 Å². The smallest absolute Gasteiger partial charge is 0.872 e. The van der Waals surface area contributed by atoms with E-state index in [9.17, 15) is 5.11 Å². The van der Waals surface area contributed by atoms with Gasteiger partial charge in [0.15, 0.2) is 0 Å². The van der Waals surface area contributed by atoms with Crippen LogP contribution >= 0.6 is 0 Å². The number of rotatable bonds is 5. The molecule has 0 fully saturated rings. The van der Waals surface area contributed by atoms with Crippen LogP contribution in [0.4, 0.5) is 0 Å². The van der Waals surface area contributed by atoms with Gasteiger partial charge in [-0.3, -0.25) is 19.9 Å². The molecule has 9 nitrogen and oxygen atoms in total. The van der Waals surface area contributed by atoms with Crippen LogP contribution in [0.15, 0.2) is 102 Å². The minimum Gasteiger partial charge on any atom is -0.872 e. The first-order chi connectivity index (χ1) is 16.3.